The number of nitrogens with one attached hydrogen (secondary N) is 1. The molecule has 5 nitrogen and oxygen atoms in total. The minimum Gasteiger partial charge on any atom is -0.354 e. The Kier molecular flexibility index (Phi) is 4.99. The summed E-state index contributed by atoms with van der Waals surface area (Å²) in [6.45, 7) is 2.39. The number of hydrogen-bond acceptors (Lipinski definition) is 3. The SMILES string of the molecule is Cc1nn(CC(=O)NCC2(c3ccccc3)CCCC2)c(=O)c2ccccc12. The van der Waals surface area contributed by atoms with Crippen LogP contribution in [0.4, 0.5) is 0 Å². The molecule has 0 radical (unpaired) electrons. The zero-order valence-corrected chi connectivity index (χ0v) is 16.1. The Morgan fingerprint density at radius 3 is 2.39 bits per heavy atom. The first kappa shape index (κ1) is 18.4. The molecule has 4 rings (SSSR count). The zero-order chi connectivity index (χ0) is 19.6. The molecule has 0 unspecified atom stereocenters. The average Bonchev–Trinajstić information content (AvgIpc) is 3.21. The lowest BCUT2D eigenvalue weighted by Gasteiger charge is -2.30. The van der Waals surface area contributed by atoms with Gasteiger partial charge in [0.05, 0.1) is 11.1 Å². The molecule has 3 aromatic rings. The lowest BCUT2D eigenvalue weighted by atomic mass is 9.79. The van der Waals surface area contributed by atoms with Gasteiger partial charge >= 0.3 is 0 Å². The molecule has 0 bridgehead atoms. The Hall–Kier alpha value is -2.95. The Bertz CT molecular complexity index is 1050. The van der Waals surface area contributed by atoms with Crippen LogP contribution in [0, 0.1) is 6.92 Å². The predicted octanol–water partition coefficient (Wildman–Crippen LogP) is 3.33. The van der Waals surface area contributed by atoms with Crippen molar-refractivity contribution in [2.75, 3.05) is 6.54 Å². The highest BCUT2D eigenvalue weighted by molar-refractivity contribution is 5.83. The van der Waals surface area contributed by atoms with E-state index in [2.05, 4.69) is 34.7 Å². The van der Waals surface area contributed by atoms with Crippen LogP contribution >= 0.6 is 0 Å². The molecule has 1 saturated carbocycles. The lowest BCUT2D eigenvalue weighted by molar-refractivity contribution is -0.122. The second-order valence-electron chi connectivity index (χ2n) is 7.72. The number of carbonyl (C=O) groups excluding carboxylic acids is 1. The van der Waals surface area contributed by atoms with Crippen molar-refractivity contribution in [2.24, 2.45) is 0 Å². The first-order valence-electron chi connectivity index (χ1n) is 9.88. The molecule has 1 heterocycles. The first-order chi connectivity index (χ1) is 13.6. The molecule has 5 heteroatoms. The van der Waals surface area contributed by atoms with Crippen LogP contribution in [-0.4, -0.2) is 22.2 Å². The molecule has 28 heavy (non-hydrogen) atoms. The summed E-state index contributed by atoms with van der Waals surface area (Å²) in [5.74, 6) is -0.175. The molecule has 1 fully saturated rings. The molecule has 2 aromatic carbocycles. The molecule has 1 aromatic heterocycles. The standard InChI is InChI=1S/C23H25N3O2/c1-17-19-11-5-6-12-20(19)22(28)26(25-17)15-21(27)24-16-23(13-7-8-14-23)18-9-3-2-4-10-18/h2-6,9-12H,7-8,13-16H2,1H3,(H,24,27). The fourth-order valence-corrected chi connectivity index (χ4v) is 4.38. The molecule has 0 spiro atoms. The molecular weight excluding hydrogens is 350 g/mol. The van der Waals surface area contributed by atoms with Gasteiger partial charge in [-0.2, -0.15) is 5.10 Å². The van der Waals surface area contributed by atoms with Gasteiger partial charge in [-0.15, -0.1) is 0 Å². The fraction of sp³-hybridized carbons (Fsp3) is 0.348. The number of fused-ring (bicyclic) bond motifs is 1. The largest absolute Gasteiger partial charge is 0.354 e. The zero-order valence-electron chi connectivity index (χ0n) is 16.1. The highest BCUT2D eigenvalue weighted by Crippen LogP contribution is 2.40. The van der Waals surface area contributed by atoms with Crippen LogP contribution in [0.1, 0.15) is 36.9 Å². The molecule has 1 amide bonds. The van der Waals surface area contributed by atoms with Crippen LogP contribution < -0.4 is 10.9 Å². The van der Waals surface area contributed by atoms with Crippen molar-refractivity contribution in [3.63, 3.8) is 0 Å². The second-order valence-corrected chi connectivity index (χ2v) is 7.72. The second kappa shape index (κ2) is 7.58. The van der Waals surface area contributed by atoms with E-state index in [4.69, 9.17) is 0 Å². The summed E-state index contributed by atoms with van der Waals surface area (Å²) in [7, 11) is 0. The van der Waals surface area contributed by atoms with Crippen molar-refractivity contribution in [1.82, 2.24) is 15.1 Å². The van der Waals surface area contributed by atoms with Crippen LogP contribution in [0.15, 0.2) is 59.4 Å². The lowest BCUT2D eigenvalue weighted by Crippen LogP contribution is -2.41. The summed E-state index contributed by atoms with van der Waals surface area (Å²) < 4.78 is 1.27. The van der Waals surface area contributed by atoms with E-state index < -0.39 is 0 Å². The molecule has 0 aliphatic heterocycles. The Labute approximate surface area is 164 Å². The van der Waals surface area contributed by atoms with Gasteiger partial charge in [0.1, 0.15) is 6.54 Å². The van der Waals surface area contributed by atoms with Crippen LogP contribution in [0.3, 0.4) is 0 Å². The van der Waals surface area contributed by atoms with Gasteiger partial charge in [-0.1, -0.05) is 61.4 Å². The van der Waals surface area contributed by atoms with Crippen LogP contribution in [-0.2, 0) is 16.8 Å². The number of nitrogens with zero attached hydrogens (tertiary/aromatic N) is 2. The van der Waals surface area contributed by atoms with Gasteiger partial charge in [0, 0.05) is 17.3 Å². The summed E-state index contributed by atoms with van der Waals surface area (Å²) in [5.41, 5.74) is 1.80. The van der Waals surface area contributed by atoms with E-state index in [0.717, 1.165) is 23.9 Å². The van der Waals surface area contributed by atoms with Crippen molar-refractivity contribution >= 4 is 16.7 Å². The van der Waals surface area contributed by atoms with Crippen molar-refractivity contribution in [2.45, 2.75) is 44.6 Å². The molecule has 1 aliphatic rings. The van der Waals surface area contributed by atoms with Gasteiger partial charge in [-0.25, -0.2) is 4.68 Å². The smallest absolute Gasteiger partial charge is 0.275 e. The number of aryl methyl sites for hydroxylation is 1. The van der Waals surface area contributed by atoms with Gasteiger partial charge in [0.25, 0.3) is 5.56 Å². The Morgan fingerprint density at radius 1 is 1.04 bits per heavy atom. The van der Waals surface area contributed by atoms with E-state index in [1.807, 2.05) is 31.2 Å². The number of benzene rings is 2. The quantitative estimate of drug-likeness (QED) is 0.744. The maximum absolute atomic E-state index is 12.7. The number of carbonyl (C=O) groups is 1. The van der Waals surface area contributed by atoms with Crippen molar-refractivity contribution in [1.29, 1.82) is 0 Å². The van der Waals surface area contributed by atoms with Crippen molar-refractivity contribution in [3.05, 3.63) is 76.2 Å². The van der Waals surface area contributed by atoms with E-state index in [-0.39, 0.29) is 23.4 Å². The van der Waals surface area contributed by atoms with Gasteiger partial charge in [0.15, 0.2) is 0 Å². The van der Waals surface area contributed by atoms with Gasteiger partial charge < -0.3 is 5.32 Å². The summed E-state index contributed by atoms with van der Waals surface area (Å²) >= 11 is 0. The third kappa shape index (κ3) is 3.44. The number of amides is 1. The average molecular weight is 375 g/mol. The summed E-state index contributed by atoms with van der Waals surface area (Å²) in [4.78, 5) is 25.3. The van der Waals surface area contributed by atoms with Crippen molar-refractivity contribution < 1.29 is 4.79 Å². The summed E-state index contributed by atoms with van der Waals surface area (Å²) in [6, 6.07) is 17.8. The highest BCUT2D eigenvalue weighted by atomic mass is 16.2. The Morgan fingerprint density at radius 2 is 1.68 bits per heavy atom. The normalized spacial score (nSPS) is 15.6. The highest BCUT2D eigenvalue weighted by Gasteiger charge is 2.35. The summed E-state index contributed by atoms with van der Waals surface area (Å²) in [6.07, 6.45) is 4.50. The van der Waals surface area contributed by atoms with Gasteiger partial charge in [0.2, 0.25) is 5.91 Å². The van der Waals surface area contributed by atoms with E-state index in [1.54, 1.807) is 6.07 Å². The summed E-state index contributed by atoms with van der Waals surface area (Å²) in [5, 5.41) is 8.84. The molecule has 1 N–H and O–H groups in total. The van der Waals surface area contributed by atoms with E-state index in [9.17, 15) is 9.59 Å². The van der Waals surface area contributed by atoms with Crippen LogP contribution in [0.5, 0.6) is 0 Å². The van der Waals surface area contributed by atoms with Gasteiger partial charge in [-0.05, 0) is 31.4 Å². The molecule has 144 valence electrons. The minimum atomic E-state index is -0.227. The molecular formula is C23H25N3O2. The third-order valence-electron chi connectivity index (χ3n) is 5.92. The fourth-order valence-electron chi connectivity index (χ4n) is 4.38. The van der Waals surface area contributed by atoms with Gasteiger partial charge in [-0.3, -0.25) is 9.59 Å². The monoisotopic (exact) mass is 375 g/mol. The number of hydrogen-bond donors (Lipinski definition) is 1. The van der Waals surface area contributed by atoms with Crippen LogP contribution in [0.25, 0.3) is 10.8 Å². The van der Waals surface area contributed by atoms with E-state index >= 15 is 0 Å². The van der Waals surface area contributed by atoms with E-state index in [0.29, 0.717) is 11.9 Å². The molecule has 0 saturated heterocycles. The number of rotatable bonds is 5. The van der Waals surface area contributed by atoms with E-state index in [1.165, 1.54) is 23.1 Å². The first-order valence-corrected chi connectivity index (χ1v) is 9.88. The third-order valence-corrected chi connectivity index (χ3v) is 5.92. The predicted molar refractivity (Wildman–Crippen MR) is 110 cm³/mol. The van der Waals surface area contributed by atoms with Crippen molar-refractivity contribution in [3.8, 4) is 0 Å². The topological polar surface area (TPSA) is 64.0 Å². The maximum Gasteiger partial charge on any atom is 0.275 e. The van der Waals surface area contributed by atoms with Crippen LogP contribution in [0.2, 0.25) is 0 Å². The molecule has 1 aliphatic carbocycles. The maximum atomic E-state index is 12.7. The minimum absolute atomic E-state index is 0.00535. The Balaban J connectivity index is 1.51. The molecule has 0 atom stereocenters. The number of aromatic nitrogens is 2.